The van der Waals surface area contributed by atoms with Crippen LogP contribution >= 0.6 is 0 Å². The minimum atomic E-state index is -0.373. The number of urea groups is 1. The molecule has 0 unspecified atom stereocenters. The van der Waals surface area contributed by atoms with Crippen LogP contribution in [0.25, 0.3) is 0 Å². The van der Waals surface area contributed by atoms with Crippen molar-refractivity contribution in [1.82, 2.24) is 15.2 Å². The lowest BCUT2D eigenvalue weighted by Crippen LogP contribution is -2.44. The lowest BCUT2D eigenvalue weighted by Gasteiger charge is -2.33. The summed E-state index contributed by atoms with van der Waals surface area (Å²) in [6.07, 6.45) is 6.03. The number of nitrogens with zero attached hydrogens (tertiary/aromatic N) is 2. The maximum atomic E-state index is 13.4. The zero-order chi connectivity index (χ0) is 19.2. The fourth-order valence-corrected chi connectivity index (χ4v) is 3.38. The number of carbonyl (C=O) groups excluding carboxylic acids is 1. The number of aromatic nitrogens is 1. The molecule has 1 aromatic heterocycles. The largest absolute Gasteiger partial charge is 0.439 e. The number of halogens is 1. The Kier molecular flexibility index (Phi) is 6.27. The van der Waals surface area contributed by atoms with Gasteiger partial charge < -0.3 is 15.0 Å². The van der Waals surface area contributed by atoms with Gasteiger partial charge in [0, 0.05) is 37.5 Å². The first kappa shape index (κ1) is 19.1. The van der Waals surface area contributed by atoms with Gasteiger partial charge in [0.05, 0.1) is 0 Å². The smallest absolute Gasteiger partial charge is 0.317 e. The van der Waals surface area contributed by atoms with Crippen LogP contribution in [0.4, 0.5) is 9.18 Å². The average molecular weight is 371 g/mol. The van der Waals surface area contributed by atoms with Crippen LogP contribution in [0.3, 0.4) is 0 Å². The summed E-state index contributed by atoms with van der Waals surface area (Å²) in [5.41, 5.74) is 0.737. The van der Waals surface area contributed by atoms with E-state index < -0.39 is 0 Å². The van der Waals surface area contributed by atoms with Crippen LogP contribution in [-0.4, -0.2) is 29.0 Å². The number of ether oxygens (including phenoxy) is 1. The highest BCUT2D eigenvalue weighted by molar-refractivity contribution is 5.74. The van der Waals surface area contributed by atoms with E-state index in [1.54, 1.807) is 29.3 Å². The van der Waals surface area contributed by atoms with Crippen molar-refractivity contribution in [3.63, 3.8) is 0 Å². The average Bonchev–Trinajstić information content (AvgIpc) is 2.67. The molecule has 0 bridgehead atoms. The monoisotopic (exact) mass is 371 g/mol. The van der Waals surface area contributed by atoms with Gasteiger partial charge in [-0.3, -0.25) is 0 Å². The molecule has 0 spiro atoms. The molecular weight excluding hydrogens is 345 g/mol. The molecule has 1 N–H and O–H groups in total. The summed E-state index contributed by atoms with van der Waals surface area (Å²) in [5, 5.41) is 2.94. The Labute approximate surface area is 159 Å². The Morgan fingerprint density at radius 1 is 1.26 bits per heavy atom. The standard InChI is InChI=1S/C21H26FN3O2/c1-15-8-10-18(11-9-15)25(2)21(26)24-14-16-5-4-12-23-20(16)27-19-7-3-6-17(22)13-19/h3-7,12-13,15,18H,8-11,14H2,1-2H3,(H,24,26). The van der Waals surface area contributed by atoms with Gasteiger partial charge in [-0.15, -0.1) is 0 Å². The maximum absolute atomic E-state index is 13.4. The van der Waals surface area contributed by atoms with Crippen LogP contribution in [0, 0.1) is 11.7 Å². The zero-order valence-electron chi connectivity index (χ0n) is 15.8. The molecule has 2 aromatic rings. The fraction of sp³-hybridized carbons (Fsp3) is 0.429. The predicted octanol–water partition coefficient (Wildman–Crippen LogP) is 4.73. The molecule has 1 fully saturated rings. The molecule has 6 heteroatoms. The third kappa shape index (κ3) is 5.18. The first-order valence-corrected chi connectivity index (χ1v) is 9.41. The van der Waals surface area contributed by atoms with Crippen molar-refractivity contribution in [2.75, 3.05) is 7.05 Å². The van der Waals surface area contributed by atoms with E-state index in [0.717, 1.165) is 37.2 Å². The van der Waals surface area contributed by atoms with Gasteiger partial charge in [-0.2, -0.15) is 0 Å². The van der Waals surface area contributed by atoms with E-state index >= 15 is 0 Å². The molecule has 1 aromatic carbocycles. The molecule has 2 amide bonds. The minimum Gasteiger partial charge on any atom is -0.439 e. The summed E-state index contributed by atoms with van der Waals surface area (Å²) in [4.78, 5) is 18.5. The molecule has 144 valence electrons. The van der Waals surface area contributed by atoms with Gasteiger partial charge in [0.25, 0.3) is 0 Å². The molecule has 1 heterocycles. The summed E-state index contributed by atoms with van der Waals surface area (Å²) in [6.45, 7) is 2.56. The number of amides is 2. The zero-order valence-corrected chi connectivity index (χ0v) is 15.8. The highest BCUT2D eigenvalue weighted by atomic mass is 19.1. The predicted molar refractivity (Wildman–Crippen MR) is 102 cm³/mol. The molecule has 1 aliphatic carbocycles. The van der Waals surface area contributed by atoms with Crippen LogP contribution in [0.15, 0.2) is 42.6 Å². The van der Waals surface area contributed by atoms with Crippen LogP contribution in [0.1, 0.15) is 38.2 Å². The number of rotatable bonds is 5. The molecule has 3 rings (SSSR count). The number of hydrogen-bond acceptors (Lipinski definition) is 3. The van der Waals surface area contributed by atoms with Crippen molar-refractivity contribution in [3.8, 4) is 11.6 Å². The quantitative estimate of drug-likeness (QED) is 0.826. The molecule has 0 aliphatic heterocycles. The van der Waals surface area contributed by atoms with E-state index in [1.165, 1.54) is 12.1 Å². The number of carbonyl (C=O) groups is 1. The number of pyridine rings is 1. The first-order chi connectivity index (χ1) is 13.0. The highest BCUT2D eigenvalue weighted by Gasteiger charge is 2.24. The van der Waals surface area contributed by atoms with Crippen molar-refractivity contribution in [2.24, 2.45) is 5.92 Å². The van der Waals surface area contributed by atoms with E-state index in [4.69, 9.17) is 4.74 Å². The fourth-order valence-electron chi connectivity index (χ4n) is 3.38. The second-order valence-electron chi connectivity index (χ2n) is 7.21. The summed E-state index contributed by atoms with van der Waals surface area (Å²) in [5.74, 6) is 1.10. The number of nitrogens with one attached hydrogen (secondary N) is 1. The van der Waals surface area contributed by atoms with Gasteiger partial charge in [-0.05, 0) is 49.8 Å². The number of benzene rings is 1. The molecule has 5 nitrogen and oxygen atoms in total. The summed E-state index contributed by atoms with van der Waals surface area (Å²) in [6, 6.07) is 9.71. The Balaban J connectivity index is 1.60. The summed E-state index contributed by atoms with van der Waals surface area (Å²) >= 11 is 0. The van der Waals surface area contributed by atoms with Crippen molar-refractivity contribution in [2.45, 2.75) is 45.2 Å². The minimum absolute atomic E-state index is 0.102. The SMILES string of the molecule is CC1CCC(N(C)C(=O)NCc2cccnc2Oc2cccc(F)c2)CC1. The lowest BCUT2D eigenvalue weighted by molar-refractivity contribution is 0.163. The van der Waals surface area contributed by atoms with E-state index in [1.807, 2.05) is 13.1 Å². The molecule has 0 atom stereocenters. The van der Waals surface area contributed by atoms with Crippen LogP contribution in [0.2, 0.25) is 0 Å². The van der Waals surface area contributed by atoms with Gasteiger partial charge in [0.2, 0.25) is 5.88 Å². The summed E-state index contributed by atoms with van der Waals surface area (Å²) in [7, 11) is 1.85. The Morgan fingerprint density at radius 3 is 2.78 bits per heavy atom. The lowest BCUT2D eigenvalue weighted by atomic mass is 9.87. The molecule has 0 radical (unpaired) electrons. The molecule has 1 saturated carbocycles. The maximum Gasteiger partial charge on any atom is 0.317 e. The molecule has 1 aliphatic rings. The van der Waals surface area contributed by atoms with Crippen molar-refractivity contribution < 1.29 is 13.9 Å². The van der Waals surface area contributed by atoms with Crippen LogP contribution in [-0.2, 0) is 6.54 Å². The summed E-state index contributed by atoms with van der Waals surface area (Å²) < 4.78 is 19.0. The van der Waals surface area contributed by atoms with E-state index in [0.29, 0.717) is 18.2 Å². The topological polar surface area (TPSA) is 54.5 Å². The first-order valence-electron chi connectivity index (χ1n) is 9.41. The second-order valence-corrected chi connectivity index (χ2v) is 7.21. The molecule has 0 saturated heterocycles. The van der Waals surface area contributed by atoms with Gasteiger partial charge in [0.15, 0.2) is 0 Å². The van der Waals surface area contributed by atoms with Crippen LogP contribution < -0.4 is 10.1 Å². The van der Waals surface area contributed by atoms with Gasteiger partial charge in [-0.25, -0.2) is 14.2 Å². The molecule has 27 heavy (non-hydrogen) atoms. The Morgan fingerprint density at radius 2 is 2.04 bits per heavy atom. The Bertz CT molecular complexity index is 776. The van der Waals surface area contributed by atoms with Crippen molar-refractivity contribution in [1.29, 1.82) is 0 Å². The van der Waals surface area contributed by atoms with E-state index in [-0.39, 0.29) is 17.9 Å². The van der Waals surface area contributed by atoms with Gasteiger partial charge in [-0.1, -0.05) is 19.1 Å². The van der Waals surface area contributed by atoms with Crippen LogP contribution in [0.5, 0.6) is 11.6 Å². The number of hydrogen-bond donors (Lipinski definition) is 1. The van der Waals surface area contributed by atoms with Gasteiger partial charge in [0.1, 0.15) is 11.6 Å². The third-order valence-corrected chi connectivity index (χ3v) is 5.14. The Hall–Kier alpha value is -2.63. The van der Waals surface area contributed by atoms with Crippen molar-refractivity contribution >= 4 is 6.03 Å². The highest BCUT2D eigenvalue weighted by Crippen LogP contribution is 2.27. The van der Waals surface area contributed by atoms with E-state index in [9.17, 15) is 9.18 Å². The van der Waals surface area contributed by atoms with Gasteiger partial charge >= 0.3 is 6.03 Å². The van der Waals surface area contributed by atoms with E-state index in [2.05, 4.69) is 17.2 Å². The molecular formula is C21H26FN3O2. The normalized spacial score (nSPS) is 19.4. The third-order valence-electron chi connectivity index (χ3n) is 5.14. The van der Waals surface area contributed by atoms with Crippen molar-refractivity contribution in [3.05, 3.63) is 54.0 Å². The second kappa shape index (κ2) is 8.84.